The average Bonchev–Trinajstić information content (AvgIpc) is 3.23. The summed E-state index contributed by atoms with van der Waals surface area (Å²) in [4.78, 5) is 32.5. The highest BCUT2D eigenvalue weighted by atomic mass is 32.2. The molecule has 2 aliphatic rings. The van der Waals surface area contributed by atoms with Crippen LogP contribution in [0.2, 0.25) is 0 Å². The van der Waals surface area contributed by atoms with Crippen molar-refractivity contribution in [2.24, 2.45) is 0 Å². The molecule has 3 aromatic heterocycles. The van der Waals surface area contributed by atoms with E-state index in [-0.39, 0.29) is 5.56 Å². The van der Waals surface area contributed by atoms with Gasteiger partial charge in [-0.05, 0) is 36.6 Å². The van der Waals surface area contributed by atoms with Gasteiger partial charge in [0, 0.05) is 22.5 Å². The molecular weight excluding hydrogens is 382 g/mol. The zero-order valence-electron chi connectivity index (χ0n) is 14.8. The monoisotopic (exact) mass is 402 g/mol. The predicted octanol–water partition coefficient (Wildman–Crippen LogP) is 0.830. The van der Waals surface area contributed by atoms with Crippen LogP contribution < -0.4 is 10.5 Å². The molecule has 0 atom stereocenters. The Morgan fingerprint density at radius 2 is 2.15 bits per heavy atom. The first-order valence-electron chi connectivity index (χ1n) is 9.22. The molecule has 7 nitrogen and oxygen atoms in total. The SMILES string of the molecule is O=c1ccnc(Sc2nc(C[NH+]3CCOCC3)nc3sc4c(c23)CCC4)[nH]1. The van der Waals surface area contributed by atoms with Gasteiger partial charge in [0.25, 0.3) is 5.56 Å². The second kappa shape index (κ2) is 7.31. The first-order valence-corrected chi connectivity index (χ1v) is 10.9. The molecule has 9 heteroatoms. The van der Waals surface area contributed by atoms with Gasteiger partial charge in [0.15, 0.2) is 11.0 Å². The van der Waals surface area contributed by atoms with Gasteiger partial charge in [-0.25, -0.2) is 15.0 Å². The minimum absolute atomic E-state index is 0.147. The van der Waals surface area contributed by atoms with E-state index in [1.165, 1.54) is 45.8 Å². The number of fused-ring (bicyclic) bond motifs is 3. The third-order valence-corrected chi connectivity index (χ3v) is 7.10. The van der Waals surface area contributed by atoms with Crippen LogP contribution in [0.15, 0.2) is 27.2 Å². The van der Waals surface area contributed by atoms with Crippen LogP contribution in [0.3, 0.4) is 0 Å². The molecule has 0 radical (unpaired) electrons. The Hall–Kier alpha value is -1.81. The Labute approximate surface area is 164 Å². The molecule has 0 spiro atoms. The number of quaternary nitrogens is 1. The zero-order valence-corrected chi connectivity index (χ0v) is 16.4. The molecule has 4 heterocycles. The molecule has 3 aromatic rings. The van der Waals surface area contributed by atoms with Gasteiger partial charge in [-0.15, -0.1) is 11.3 Å². The maximum atomic E-state index is 11.7. The molecule has 1 aliphatic heterocycles. The van der Waals surface area contributed by atoms with Crippen LogP contribution in [0.1, 0.15) is 22.7 Å². The van der Waals surface area contributed by atoms with Crippen molar-refractivity contribution >= 4 is 33.3 Å². The van der Waals surface area contributed by atoms with Gasteiger partial charge in [-0.2, -0.15) is 0 Å². The highest BCUT2D eigenvalue weighted by Crippen LogP contribution is 2.41. The Kier molecular flexibility index (Phi) is 4.68. The van der Waals surface area contributed by atoms with Gasteiger partial charge in [0.2, 0.25) is 0 Å². The number of hydrogen-bond acceptors (Lipinski definition) is 7. The van der Waals surface area contributed by atoms with Gasteiger partial charge in [0.1, 0.15) is 29.5 Å². The molecule has 27 heavy (non-hydrogen) atoms. The standard InChI is InChI=1S/C18H19N5O2S2/c24-14-4-5-19-18(22-14)27-17-15-11-2-1-3-12(11)26-16(15)20-13(21-17)10-23-6-8-25-9-7-23/h4-5H,1-3,6-10H2,(H,19,22,24)/p+1. The van der Waals surface area contributed by atoms with Crippen LogP contribution in [0, 0.1) is 0 Å². The number of aromatic nitrogens is 4. The smallest absolute Gasteiger partial charge is 0.251 e. The Morgan fingerprint density at radius 3 is 3.00 bits per heavy atom. The minimum Gasteiger partial charge on any atom is -0.370 e. The predicted molar refractivity (Wildman–Crippen MR) is 104 cm³/mol. The highest BCUT2D eigenvalue weighted by Gasteiger charge is 2.24. The lowest BCUT2D eigenvalue weighted by Gasteiger charge is -2.23. The van der Waals surface area contributed by atoms with E-state index >= 15 is 0 Å². The molecule has 140 valence electrons. The van der Waals surface area contributed by atoms with E-state index < -0.39 is 0 Å². The van der Waals surface area contributed by atoms with E-state index in [1.54, 1.807) is 11.3 Å². The van der Waals surface area contributed by atoms with Crippen molar-refractivity contribution in [2.75, 3.05) is 26.3 Å². The van der Waals surface area contributed by atoms with Crippen molar-refractivity contribution in [2.45, 2.75) is 36.0 Å². The molecule has 0 bridgehead atoms. The number of aromatic amines is 1. The van der Waals surface area contributed by atoms with Crippen LogP contribution in [0.4, 0.5) is 0 Å². The number of thiophene rings is 1. The number of aryl methyl sites for hydroxylation is 2. The molecule has 1 fully saturated rings. The van der Waals surface area contributed by atoms with Crippen molar-refractivity contribution in [3.05, 3.63) is 38.9 Å². The molecule has 0 saturated carbocycles. The third kappa shape index (κ3) is 3.52. The number of nitrogens with one attached hydrogen (secondary N) is 2. The fraction of sp³-hybridized carbons (Fsp3) is 0.444. The molecule has 1 saturated heterocycles. The quantitative estimate of drug-likeness (QED) is 0.497. The van der Waals surface area contributed by atoms with E-state index in [0.29, 0.717) is 5.16 Å². The number of H-pyrrole nitrogens is 1. The summed E-state index contributed by atoms with van der Waals surface area (Å²) in [7, 11) is 0. The van der Waals surface area contributed by atoms with Crippen molar-refractivity contribution in [3.8, 4) is 0 Å². The first-order chi connectivity index (χ1) is 13.3. The zero-order chi connectivity index (χ0) is 18.2. The molecule has 2 N–H and O–H groups in total. The number of rotatable bonds is 4. The van der Waals surface area contributed by atoms with Gasteiger partial charge >= 0.3 is 0 Å². The number of morpholine rings is 1. The summed E-state index contributed by atoms with van der Waals surface area (Å²) in [5, 5.41) is 2.64. The van der Waals surface area contributed by atoms with Crippen molar-refractivity contribution < 1.29 is 9.64 Å². The van der Waals surface area contributed by atoms with E-state index in [4.69, 9.17) is 14.7 Å². The highest BCUT2D eigenvalue weighted by molar-refractivity contribution is 7.99. The van der Waals surface area contributed by atoms with Crippen molar-refractivity contribution in [1.82, 2.24) is 19.9 Å². The second-order valence-electron chi connectivity index (χ2n) is 6.86. The summed E-state index contributed by atoms with van der Waals surface area (Å²) in [5.74, 6) is 0.861. The van der Waals surface area contributed by atoms with E-state index in [2.05, 4.69) is 9.97 Å². The summed E-state index contributed by atoms with van der Waals surface area (Å²) < 4.78 is 5.46. The topological polar surface area (TPSA) is 85.2 Å². The number of nitrogens with zero attached hydrogens (tertiary/aromatic N) is 3. The lowest BCUT2D eigenvalue weighted by Crippen LogP contribution is -3.12. The summed E-state index contributed by atoms with van der Waals surface area (Å²) in [5.41, 5.74) is 1.24. The minimum atomic E-state index is -0.147. The van der Waals surface area contributed by atoms with E-state index in [9.17, 15) is 4.79 Å². The second-order valence-corrected chi connectivity index (χ2v) is 8.92. The maximum absolute atomic E-state index is 11.7. The van der Waals surface area contributed by atoms with Crippen LogP contribution in [0.5, 0.6) is 0 Å². The summed E-state index contributed by atoms with van der Waals surface area (Å²) in [6, 6.07) is 1.43. The molecule has 1 aliphatic carbocycles. The molecular formula is C18H20N5O2S2+. The Bertz CT molecular complexity index is 1040. The summed E-state index contributed by atoms with van der Waals surface area (Å²) in [6.07, 6.45) is 4.95. The van der Waals surface area contributed by atoms with Crippen LogP contribution in [-0.2, 0) is 24.1 Å². The molecule has 0 unspecified atom stereocenters. The van der Waals surface area contributed by atoms with Gasteiger partial charge in [0.05, 0.1) is 13.2 Å². The number of ether oxygens (including phenoxy) is 1. The lowest BCUT2D eigenvalue weighted by molar-refractivity contribution is -0.922. The normalized spacial score (nSPS) is 17.5. The Morgan fingerprint density at radius 1 is 1.26 bits per heavy atom. The maximum Gasteiger partial charge on any atom is 0.251 e. The average molecular weight is 403 g/mol. The van der Waals surface area contributed by atoms with Crippen LogP contribution in [0.25, 0.3) is 10.2 Å². The molecule has 0 aromatic carbocycles. The van der Waals surface area contributed by atoms with Gasteiger partial charge < -0.3 is 14.6 Å². The fourth-order valence-corrected chi connectivity index (χ4v) is 5.98. The van der Waals surface area contributed by atoms with Crippen molar-refractivity contribution in [1.29, 1.82) is 0 Å². The summed E-state index contributed by atoms with van der Waals surface area (Å²) >= 11 is 3.23. The first kappa shape index (κ1) is 17.3. The molecule has 0 amide bonds. The largest absolute Gasteiger partial charge is 0.370 e. The van der Waals surface area contributed by atoms with E-state index in [1.807, 2.05) is 0 Å². The summed E-state index contributed by atoms with van der Waals surface area (Å²) in [6.45, 7) is 4.36. The third-order valence-electron chi connectivity index (χ3n) is 5.03. The Balaban J connectivity index is 1.56. The van der Waals surface area contributed by atoms with Crippen LogP contribution >= 0.6 is 23.1 Å². The fourth-order valence-electron chi connectivity index (χ4n) is 3.71. The molecule has 5 rings (SSSR count). The van der Waals surface area contributed by atoms with E-state index in [0.717, 1.165) is 66.8 Å². The van der Waals surface area contributed by atoms with Gasteiger partial charge in [-0.3, -0.25) is 4.79 Å². The van der Waals surface area contributed by atoms with Crippen molar-refractivity contribution in [3.63, 3.8) is 0 Å². The van der Waals surface area contributed by atoms with Crippen LogP contribution in [-0.4, -0.2) is 46.2 Å². The lowest BCUT2D eigenvalue weighted by atomic mass is 10.2. The number of hydrogen-bond donors (Lipinski definition) is 2. The van der Waals surface area contributed by atoms with Gasteiger partial charge in [-0.1, -0.05) is 0 Å².